The van der Waals surface area contributed by atoms with E-state index in [1.54, 1.807) is 0 Å². The first-order valence-electron chi connectivity index (χ1n) is 6.01. The maximum atomic E-state index is 12.3. The van der Waals surface area contributed by atoms with Crippen molar-refractivity contribution in [2.24, 2.45) is 0 Å². The number of nitrogens with zero attached hydrogens (tertiary/aromatic N) is 1. The van der Waals surface area contributed by atoms with Gasteiger partial charge in [-0.1, -0.05) is 11.6 Å². The number of rotatable bonds is 4. The fourth-order valence-corrected chi connectivity index (χ4v) is 1.98. The van der Waals surface area contributed by atoms with Gasteiger partial charge in [-0.25, -0.2) is 4.98 Å². The van der Waals surface area contributed by atoms with Crippen LogP contribution in [-0.2, 0) is 6.18 Å². The lowest BCUT2D eigenvalue weighted by Gasteiger charge is -2.08. The van der Waals surface area contributed by atoms with Gasteiger partial charge in [0.2, 0.25) is 0 Å². The highest BCUT2D eigenvalue weighted by atomic mass is 19.4. The van der Waals surface area contributed by atoms with Gasteiger partial charge in [-0.15, -0.1) is 0 Å². The van der Waals surface area contributed by atoms with Crippen LogP contribution in [0.25, 0.3) is 0 Å². The number of halogens is 3. The van der Waals surface area contributed by atoms with Gasteiger partial charge in [-0.2, -0.15) is 13.2 Å². The average molecular weight is 256 g/mol. The monoisotopic (exact) mass is 256 g/mol. The van der Waals surface area contributed by atoms with E-state index in [1.807, 2.05) is 0 Å². The molecule has 5 heteroatoms. The molecule has 1 aliphatic rings. The first-order valence-corrected chi connectivity index (χ1v) is 6.01. The third kappa shape index (κ3) is 3.48. The number of nitrogens with one attached hydrogen (secondary N) is 1. The Hall–Kier alpha value is -1.52. The Morgan fingerprint density at radius 1 is 1.28 bits per heavy atom. The second kappa shape index (κ2) is 5.42. The standard InChI is InChI=1S/C13H15F3N2/c14-13(15,16)11-5-6-12(18-9-11)17-8-7-10-3-1-2-4-10/h3,5-6,9H,1-2,4,7-8H2,(H,17,18). The fraction of sp³-hybridized carbons (Fsp3) is 0.462. The number of hydrogen-bond donors (Lipinski definition) is 1. The Morgan fingerprint density at radius 3 is 2.67 bits per heavy atom. The molecule has 0 fully saturated rings. The van der Waals surface area contributed by atoms with Gasteiger partial charge in [0.15, 0.2) is 0 Å². The Morgan fingerprint density at radius 2 is 2.11 bits per heavy atom. The van der Waals surface area contributed by atoms with Crippen LogP contribution in [0.2, 0.25) is 0 Å². The van der Waals surface area contributed by atoms with Crippen LogP contribution < -0.4 is 5.32 Å². The second-order valence-corrected chi connectivity index (χ2v) is 4.36. The van der Waals surface area contributed by atoms with Crippen LogP contribution in [-0.4, -0.2) is 11.5 Å². The SMILES string of the molecule is FC(F)(F)c1ccc(NCCC2=CCCC2)nc1. The maximum Gasteiger partial charge on any atom is 0.417 e. The summed E-state index contributed by atoms with van der Waals surface area (Å²) in [4.78, 5) is 3.76. The Balaban J connectivity index is 1.83. The van der Waals surface area contributed by atoms with Gasteiger partial charge in [0.1, 0.15) is 5.82 Å². The Bertz CT molecular complexity index is 421. The lowest BCUT2D eigenvalue weighted by molar-refractivity contribution is -0.137. The van der Waals surface area contributed by atoms with E-state index in [-0.39, 0.29) is 0 Å². The van der Waals surface area contributed by atoms with Gasteiger partial charge < -0.3 is 5.32 Å². The highest BCUT2D eigenvalue weighted by molar-refractivity contribution is 5.36. The van der Waals surface area contributed by atoms with Crippen molar-refractivity contribution in [3.63, 3.8) is 0 Å². The molecule has 0 atom stereocenters. The molecule has 0 bridgehead atoms. The van der Waals surface area contributed by atoms with Crippen molar-refractivity contribution < 1.29 is 13.2 Å². The predicted octanol–water partition coefficient (Wildman–Crippen LogP) is 4.01. The van der Waals surface area contributed by atoms with E-state index in [9.17, 15) is 13.2 Å². The summed E-state index contributed by atoms with van der Waals surface area (Å²) < 4.78 is 36.9. The molecule has 0 aromatic carbocycles. The smallest absolute Gasteiger partial charge is 0.370 e. The van der Waals surface area contributed by atoms with Gasteiger partial charge in [-0.3, -0.25) is 0 Å². The summed E-state index contributed by atoms with van der Waals surface area (Å²) in [5.41, 5.74) is 0.709. The van der Waals surface area contributed by atoms with Crippen molar-refractivity contribution in [1.82, 2.24) is 4.98 Å². The minimum Gasteiger partial charge on any atom is -0.370 e. The average Bonchev–Trinajstić information content (AvgIpc) is 2.82. The van der Waals surface area contributed by atoms with Crippen LogP contribution in [0.1, 0.15) is 31.2 Å². The van der Waals surface area contributed by atoms with Gasteiger partial charge in [0, 0.05) is 12.7 Å². The summed E-state index contributed by atoms with van der Waals surface area (Å²) in [7, 11) is 0. The van der Waals surface area contributed by atoms with E-state index < -0.39 is 11.7 Å². The number of hydrogen-bond acceptors (Lipinski definition) is 2. The third-order valence-electron chi connectivity index (χ3n) is 2.98. The minimum absolute atomic E-state index is 0.488. The molecule has 0 saturated carbocycles. The molecule has 98 valence electrons. The van der Waals surface area contributed by atoms with E-state index in [0.717, 1.165) is 31.5 Å². The molecule has 0 spiro atoms. The summed E-state index contributed by atoms with van der Waals surface area (Å²) in [5.74, 6) is 0.488. The van der Waals surface area contributed by atoms with Crippen molar-refractivity contribution >= 4 is 5.82 Å². The molecule has 0 aliphatic heterocycles. The molecule has 0 amide bonds. The van der Waals surface area contributed by atoms with E-state index in [1.165, 1.54) is 18.1 Å². The van der Waals surface area contributed by atoms with Gasteiger partial charge in [0.05, 0.1) is 5.56 Å². The summed E-state index contributed by atoms with van der Waals surface area (Å²) >= 11 is 0. The summed E-state index contributed by atoms with van der Waals surface area (Å²) in [6.45, 7) is 0.712. The second-order valence-electron chi connectivity index (χ2n) is 4.36. The van der Waals surface area contributed by atoms with Gasteiger partial charge in [0.25, 0.3) is 0 Å². The number of allylic oxidation sites excluding steroid dienone is 1. The molecule has 0 radical (unpaired) electrons. The zero-order chi connectivity index (χ0) is 13.0. The Kier molecular flexibility index (Phi) is 3.89. The van der Waals surface area contributed by atoms with E-state index in [0.29, 0.717) is 12.4 Å². The molecule has 0 unspecified atom stereocenters. The largest absolute Gasteiger partial charge is 0.417 e. The molecule has 1 N–H and O–H groups in total. The van der Waals surface area contributed by atoms with Gasteiger partial charge in [-0.05, 0) is 37.8 Å². The third-order valence-corrected chi connectivity index (χ3v) is 2.98. The molecule has 1 heterocycles. The van der Waals surface area contributed by atoms with Crippen LogP contribution in [0.5, 0.6) is 0 Å². The zero-order valence-electron chi connectivity index (χ0n) is 9.93. The van der Waals surface area contributed by atoms with Crippen LogP contribution in [0.4, 0.5) is 19.0 Å². The summed E-state index contributed by atoms with van der Waals surface area (Å²) in [6.07, 6.45) is 3.21. The molecule has 1 aliphatic carbocycles. The van der Waals surface area contributed by atoms with E-state index >= 15 is 0 Å². The molecule has 1 aromatic heterocycles. The van der Waals surface area contributed by atoms with Crippen molar-refractivity contribution in [2.75, 3.05) is 11.9 Å². The fourth-order valence-electron chi connectivity index (χ4n) is 1.98. The van der Waals surface area contributed by atoms with Crippen molar-refractivity contribution in [3.05, 3.63) is 35.5 Å². The molecule has 18 heavy (non-hydrogen) atoms. The predicted molar refractivity (Wildman–Crippen MR) is 64.3 cm³/mol. The summed E-state index contributed by atoms with van der Waals surface area (Å²) in [5, 5.41) is 3.03. The van der Waals surface area contributed by atoms with Crippen molar-refractivity contribution in [3.8, 4) is 0 Å². The number of pyridine rings is 1. The molecular formula is C13H15F3N2. The van der Waals surface area contributed by atoms with Crippen LogP contribution in [0.3, 0.4) is 0 Å². The maximum absolute atomic E-state index is 12.3. The quantitative estimate of drug-likeness (QED) is 0.823. The lowest BCUT2D eigenvalue weighted by atomic mass is 10.2. The molecule has 0 saturated heterocycles. The molecular weight excluding hydrogens is 241 g/mol. The van der Waals surface area contributed by atoms with Crippen LogP contribution >= 0.6 is 0 Å². The van der Waals surface area contributed by atoms with Gasteiger partial charge >= 0.3 is 6.18 Å². The highest BCUT2D eigenvalue weighted by Gasteiger charge is 2.30. The number of anilines is 1. The normalized spacial score (nSPS) is 15.6. The van der Waals surface area contributed by atoms with Crippen LogP contribution in [0, 0.1) is 0 Å². The lowest BCUT2D eigenvalue weighted by Crippen LogP contribution is -2.08. The molecule has 1 aromatic rings. The van der Waals surface area contributed by atoms with Crippen molar-refractivity contribution in [2.45, 2.75) is 31.9 Å². The van der Waals surface area contributed by atoms with Crippen LogP contribution in [0.15, 0.2) is 30.0 Å². The zero-order valence-corrected chi connectivity index (χ0v) is 9.93. The highest BCUT2D eigenvalue weighted by Crippen LogP contribution is 2.28. The van der Waals surface area contributed by atoms with E-state index in [2.05, 4.69) is 16.4 Å². The minimum atomic E-state index is -4.32. The Labute approximate surface area is 104 Å². The topological polar surface area (TPSA) is 24.9 Å². The van der Waals surface area contributed by atoms with Crippen molar-refractivity contribution in [1.29, 1.82) is 0 Å². The van der Waals surface area contributed by atoms with E-state index in [4.69, 9.17) is 0 Å². The first kappa shape index (κ1) is 12.9. The summed E-state index contributed by atoms with van der Waals surface area (Å²) in [6, 6.07) is 2.41. The molecule has 2 nitrogen and oxygen atoms in total. The molecule has 2 rings (SSSR count). The first-order chi connectivity index (χ1) is 8.55. The number of alkyl halides is 3. The number of aromatic nitrogens is 1.